The Morgan fingerprint density at radius 2 is 1.88 bits per heavy atom. The van der Waals surface area contributed by atoms with Crippen LogP contribution in [0.3, 0.4) is 0 Å². The molecule has 2 aromatic carbocycles. The summed E-state index contributed by atoms with van der Waals surface area (Å²) in [6, 6.07) is 12.6. The molecular formula is C18H21ClN2O4S. The highest BCUT2D eigenvalue weighted by atomic mass is 35.5. The monoisotopic (exact) mass is 396 g/mol. The third kappa shape index (κ3) is 5.81. The molecule has 0 fully saturated rings. The van der Waals surface area contributed by atoms with E-state index in [0.717, 1.165) is 5.56 Å². The molecule has 1 atom stereocenters. The molecule has 0 aliphatic carbocycles. The molecule has 0 heterocycles. The third-order valence-electron chi connectivity index (χ3n) is 3.54. The van der Waals surface area contributed by atoms with Gasteiger partial charge in [-0.2, -0.15) is 0 Å². The van der Waals surface area contributed by atoms with E-state index in [1.165, 1.54) is 31.4 Å². The van der Waals surface area contributed by atoms with Gasteiger partial charge in [-0.25, -0.2) is 13.1 Å². The highest BCUT2D eigenvalue weighted by Crippen LogP contribution is 2.13. The zero-order chi connectivity index (χ0) is 19.2. The lowest BCUT2D eigenvalue weighted by Gasteiger charge is -2.13. The topological polar surface area (TPSA) is 84.5 Å². The van der Waals surface area contributed by atoms with Crippen molar-refractivity contribution in [2.24, 2.45) is 0 Å². The maximum Gasteiger partial charge on any atom is 0.251 e. The van der Waals surface area contributed by atoms with Crippen LogP contribution in [-0.2, 0) is 21.3 Å². The molecule has 0 radical (unpaired) electrons. The first-order valence-corrected chi connectivity index (χ1v) is 9.82. The van der Waals surface area contributed by atoms with Gasteiger partial charge in [0.2, 0.25) is 10.0 Å². The van der Waals surface area contributed by atoms with Crippen molar-refractivity contribution in [2.75, 3.05) is 13.7 Å². The van der Waals surface area contributed by atoms with Gasteiger partial charge in [0.15, 0.2) is 0 Å². The first-order valence-electron chi connectivity index (χ1n) is 7.96. The molecule has 0 saturated heterocycles. The van der Waals surface area contributed by atoms with Gasteiger partial charge in [-0.3, -0.25) is 4.79 Å². The number of nitrogens with one attached hydrogen (secondary N) is 2. The number of carbonyl (C=O) groups is 1. The molecule has 0 spiro atoms. The van der Waals surface area contributed by atoms with Crippen molar-refractivity contribution in [3.63, 3.8) is 0 Å². The SMILES string of the molecule is COC[C@@H](C)NS(=O)(=O)c1ccc(C(=O)NCc2cccc(Cl)c2)cc1. The van der Waals surface area contributed by atoms with Crippen molar-refractivity contribution in [3.8, 4) is 0 Å². The van der Waals surface area contributed by atoms with Crippen LogP contribution in [0.25, 0.3) is 0 Å². The predicted molar refractivity (Wildman–Crippen MR) is 101 cm³/mol. The van der Waals surface area contributed by atoms with E-state index in [0.29, 0.717) is 17.1 Å². The van der Waals surface area contributed by atoms with E-state index < -0.39 is 10.0 Å². The Balaban J connectivity index is 2.00. The molecule has 2 rings (SSSR count). The van der Waals surface area contributed by atoms with Crippen molar-refractivity contribution < 1.29 is 17.9 Å². The van der Waals surface area contributed by atoms with Crippen LogP contribution in [0.4, 0.5) is 0 Å². The molecule has 8 heteroatoms. The lowest BCUT2D eigenvalue weighted by Crippen LogP contribution is -2.35. The zero-order valence-corrected chi connectivity index (χ0v) is 16.1. The number of hydrogen-bond acceptors (Lipinski definition) is 4. The molecule has 2 N–H and O–H groups in total. The van der Waals surface area contributed by atoms with Crippen molar-refractivity contribution in [1.82, 2.24) is 10.0 Å². The summed E-state index contributed by atoms with van der Waals surface area (Å²) in [6.07, 6.45) is 0. The van der Waals surface area contributed by atoms with Crippen LogP contribution >= 0.6 is 11.6 Å². The van der Waals surface area contributed by atoms with Crippen LogP contribution in [-0.4, -0.2) is 34.1 Å². The Morgan fingerprint density at radius 3 is 2.50 bits per heavy atom. The van der Waals surface area contributed by atoms with Crippen molar-refractivity contribution in [3.05, 3.63) is 64.7 Å². The Labute approximate surface area is 158 Å². The van der Waals surface area contributed by atoms with Crippen molar-refractivity contribution >= 4 is 27.5 Å². The smallest absolute Gasteiger partial charge is 0.251 e. The molecule has 0 aliphatic rings. The molecule has 0 aliphatic heterocycles. The summed E-state index contributed by atoms with van der Waals surface area (Å²) in [7, 11) is -2.16. The second kappa shape index (κ2) is 9.14. The molecule has 140 valence electrons. The molecule has 0 unspecified atom stereocenters. The number of methoxy groups -OCH3 is 1. The second-order valence-corrected chi connectivity index (χ2v) is 7.97. The van der Waals surface area contributed by atoms with E-state index in [1.54, 1.807) is 25.1 Å². The average Bonchev–Trinajstić information content (AvgIpc) is 2.59. The van der Waals surface area contributed by atoms with E-state index in [4.69, 9.17) is 16.3 Å². The summed E-state index contributed by atoms with van der Waals surface area (Å²) >= 11 is 5.91. The number of amides is 1. The number of rotatable bonds is 8. The lowest BCUT2D eigenvalue weighted by molar-refractivity contribution is 0.0951. The van der Waals surface area contributed by atoms with E-state index >= 15 is 0 Å². The van der Waals surface area contributed by atoms with Gasteiger partial charge in [0.05, 0.1) is 11.5 Å². The summed E-state index contributed by atoms with van der Waals surface area (Å²) in [5.41, 5.74) is 1.25. The highest BCUT2D eigenvalue weighted by molar-refractivity contribution is 7.89. The first kappa shape index (κ1) is 20.4. The number of benzene rings is 2. The molecule has 0 bridgehead atoms. The number of sulfonamides is 1. The minimum absolute atomic E-state index is 0.0897. The minimum atomic E-state index is -3.66. The maximum atomic E-state index is 12.3. The molecule has 26 heavy (non-hydrogen) atoms. The molecule has 2 aromatic rings. The normalized spacial score (nSPS) is 12.6. The van der Waals surface area contributed by atoms with Crippen molar-refractivity contribution in [2.45, 2.75) is 24.4 Å². The van der Waals surface area contributed by atoms with E-state index in [2.05, 4.69) is 10.0 Å². The van der Waals surface area contributed by atoms with Gasteiger partial charge < -0.3 is 10.1 Å². The minimum Gasteiger partial charge on any atom is -0.383 e. The van der Waals surface area contributed by atoms with Crippen LogP contribution in [0, 0.1) is 0 Å². The van der Waals surface area contributed by atoms with Gasteiger partial charge in [0.1, 0.15) is 0 Å². The van der Waals surface area contributed by atoms with Crippen LogP contribution < -0.4 is 10.0 Å². The second-order valence-electron chi connectivity index (χ2n) is 5.81. The van der Waals surface area contributed by atoms with Gasteiger partial charge in [0, 0.05) is 30.3 Å². The van der Waals surface area contributed by atoms with Gasteiger partial charge in [0.25, 0.3) is 5.91 Å². The number of hydrogen-bond donors (Lipinski definition) is 2. The summed E-state index contributed by atoms with van der Waals surface area (Å²) in [6.45, 7) is 2.30. The fourth-order valence-electron chi connectivity index (χ4n) is 2.33. The Kier molecular flexibility index (Phi) is 7.16. The molecule has 0 saturated carbocycles. The standard InChI is InChI=1S/C18H21ClN2O4S/c1-13(12-25-2)21-26(23,24)17-8-6-15(7-9-17)18(22)20-11-14-4-3-5-16(19)10-14/h3-10,13,21H,11-12H2,1-2H3,(H,20,22)/t13-/m1/s1. The van der Waals surface area contributed by atoms with E-state index in [1.807, 2.05) is 6.07 Å². The number of carbonyl (C=O) groups excluding carboxylic acids is 1. The lowest BCUT2D eigenvalue weighted by atomic mass is 10.2. The zero-order valence-electron chi connectivity index (χ0n) is 14.5. The first-order chi connectivity index (χ1) is 12.3. The van der Waals surface area contributed by atoms with Gasteiger partial charge in [-0.1, -0.05) is 23.7 Å². The Hall–Kier alpha value is -1.93. The van der Waals surface area contributed by atoms with Crippen LogP contribution in [0.2, 0.25) is 5.02 Å². The Morgan fingerprint density at radius 1 is 1.19 bits per heavy atom. The summed E-state index contributed by atoms with van der Waals surface area (Å²) < 4.78 is 31.9. The Bertz CT molecular complexity index is 854. The molecule has 0 aromatic heterocycles. The molecular weight excluding hydrogens is 376 g/mol. The van der Waals surface area contributed by atoms with Gasteiger partial charge in [-0.15, -0.1) is 0 Å². The fourth-order valence-corrected chi connectivity index (χ4v) is 3.77. The van der Waals surface area contributed by atoms with Gasteiger partial charge >= 0.3 is 0 Å². The van der Waals surface area contributed by atoms with E-state index in [-0.39, 0.29) is 23.5 Å². The predicted octanol–water partition coefficient (Wildman–Crippen LogP) is 2.58. The highest BCUT2D eigenvalue weighted by Gasteiger charge is 2.17. The number of ether oxygens (including phenoxy) is 1. The molecule has 6 nitrogen and oxygen atoms in total. The fraction of sp³-hybridized carbons (Fsp3) is 0.278. The van der Waals surface area contributed by atoms with E-state index in [9.17, 15) is 13.2 Å². The third-order valence-corrected chi connectivity index (χ3v) is 5.38. The summed E-state index contributed by atoms with van der Waals surface area (Å²) in [5, 5.41) is 3.37. The quantitative estimate of drug-likeness (QED) is 0.718. The van der Waals surface area contributed by atoms with Crippen LogP contribution in [0.5, 0.6) is 0 Å². The number of halogens is 1. The van der Waals surface area contributed by atoms with Crippen LogP contribution in [0.1, 0.15) is 22.8 Å². The average molecular weight is 397 g/mol. The maximum absolute atomic E-state index is 12.3. The summed E-state index contributed by atoms with van der Waals surface area (Å²) in [4.78, 5) is 12.3. The van der Waals surface area contributed by atoms with Crippen molar-refractivity contribution in [1.29, 1.82) is 0 Å². The van der Waals surface area contributed by atoms with Gasteiger partial charge in [-0.05, 0) is 48.9 Å². The molecule has 1 amide bonds. The largest absolute Gasteiger partial charge is 0.383 e. The van der Waals surface area contributed by atoms with Crippen LogP contribution in [0.15, 0.2) is 53.4 Å². The summed E-state index contributed by atoms with van der Waals surface area (Å²) in [5.74, 6) is -0.297.